The van der Waals surface area contributed by atoms with Crippen LogP contribution in [-0.2, 0) is 42.9 Å². The second-order valence-electron chi connectivity index (χ2n) is 18.1. The third-order valence-electron chi connectivity index (χ3n) is 13.0. The number of hydrogen-bond donors (Lipinski definition) is 2. The van der Waals surface area contributed by atoms with Gasteiger partial charge in [0.15, 0.2) is 0 Å². The number of ether oxygens (including phenoxy) is 5. The number of fused-ring (bicyclic) bond motifs is 3. The number of nitrogens with zero attached hydrogens (tertiary/aromatic N) is 1. The molecule has 2 saturated heterocycles. The van der Waals surface area contributed by atoms with Crippen molar-refractivity contribution < 1.29 is 48.0 Å². The predicted octanol–water partition coefficient (Wildman–Crippen LogP) is 6.25. The summed E-state index contributed by atoms with van der Waals surface area (Å²) in [7, 11) is 3.12. The molecule has 0 radical (unpaired) electrons. The number of carbonyl (C=O) groups excluding carboxylic acids is 4. The van der Waals surface area contributed by atoms with Crippen molar-refractivity contribution in [3.63, 3.8) is 0 Å². The van der Waals surface area contributed by atoms with E-state index in [2.05, 4.69) is 19.1 Å². The first-order valence-corrected chi connectivity index (χ1v) is 21.7. The average Bonchev–Trinajstić information content (AvgIpc) is 3.17. The summed E-state index contributed by atoms with van der Waals surface area (Å²) >= 11 is 0. The highest BCUT2D eigenvalue weighted by molar-refractivity contribution is 6.39. The smallest absolute Gasteiger partial charge is 0.329 e. The number of piperidine rings is 1. The molecule has 3 fully saturated rings. The van der Waals surface area contributed by atoms with Crippen LogP contribution in [0.2, 0.25) is 0 Å². The summed E-state index contributed by atoms with van der Waals surface area (Å²) in [6.07, 6.45) is 8.59. The number of cyclic esters (lactones) is 1. The fourth-order valence-corrected chi connectivity index (χ4v) is 9.69. The van der Waals surface area contributed by atoms with E-state index in [1.54, 1.807) is 21.1 Å². The van der Waals surface area contributed by atoms with E-state index >= 15 is 0 Å². The molecule has 0 spiro atoms. The molecular formula is C45H74N2O10. The van der Waals surface area contributed by atoms with Gasteiger partial charge in [-0.15, -0.1) is 0 Å². The summed E-state index contributed by atoms with van der Waals surface area (Å²) in [6, 6.07) is -1.08. The number of esters is 1. The highest BCUT2D eigenvalue weighted by Gasteiger charge is 2.56. The Morgan fingerprint density at radius 1 is 1.00 bits per heavy atom. The third kappa shape index (κ3) is 11.8. The number of aliphatic hydroxyl groups is 1. The number of methoxy groups -OCH3 is 2. The monoisotopic (exact) mass is 803 g/mol. The molecule has 1 saturated carbocycles. The molecule has 3 aliphatic heterocycles. The first kappa shape index (κ1) is 47.2. The Balaban J connectivity index is 1.73. The van der Waals surface area contributed by atoms with Crippen LogP contribution in [0.5, 0.6) is 0 Å². The zero-order valence-corrected chi connectivity index (χ0v) is 36.5. The lowest BCUT2D eigenvalue weighted by atomic mass is 9.81. The molecule has 3 N–H and O–H groups in total. The lowest BCUT2D eigenvalue weighted by Gasteiger charge is -2.47. The number of amides is 1. The van der Waals surface area contributed by atoms with Crippen LogP contribution >= 0.6 is 0 Å². The Labute approximate surface area is 342 Å². The summed E-state index contributed by atoms with van der Waals surface area (Å²) in [5.41, 5.74) is 8.41. The van der Waals surface area contributed by atoms with E-state index in [0.29, 0.717) is 51.4 Å². The van der Waals surface area contributed by atoms with Gasteiger partial charge >= 0.3 is 5.97 Å². The van der Waals surface area contributed by atoms with E-state index in [4.69, 9.17) is 29.4 Å². The number of ketones is 2. The van der Waals surface area contributed by atoms with Gasteiger partial charge in [-0.25, -0.2) is 4.79 Å². The minimum absolute atomic E-state index is 0.0463. The maximum absolute atomic E-state index is 14.3. The highest BCUT2D eigenvalue weighted by Crippen LogP contribution is 2.39. The molecular weight excluding hydrogens is 728 g/mol. The molecule has 3 heterocycles. The number of Topliss-reactive ketones (excluding diaryl/α,β-unsaturated/α-hetero) is 2. The molecule has 0 aromatic heterocycles. The SMILES string of the molecule is CCC1C=C(C)CC(C)CC(OC)C2OC(O)(C(=O)C(=O)N3CCCCC3C(=O)OC(C(C)=CC3CCC(N)C(OC(C)C)C3)C(C)CCC1=O)C(C)CC2OC. The summed E-state index contributed by atoms with van der Waals surface area (Å²) < 4.78 is 30.6. The van der Waals surface area contributed by atoms with Crippen LogP contribution < -0.4 is 5.73 Å². The van der Waals surface area contributed by atoms with Crippen LogP contribution in [0, 0.1) is 29.6 Å². The van der Waals surface area contributed by atoms with Crippen molar-refractivity contribution in [1.29, 1.82) is 0 Å². The molecule has 4 aliphatic rings. The zero-order chi connectivity index (χ0) is 42.2. The number of hydrogen-bond acceptors (Lipinski definition) is 11. The third-order valence-corrected chi connectivity index (χ3v) is 13.0. The van der Waals surface area contributed by atoms with Crippen molar-refractivity contribution in [2.75, 3.05) is 20.8 Å². The molecule has 13 atom stereocenters. The van der Waals surface area contributed by atoms with Crippen LogP contribution in [0.3, 0.4) is 0 Å². The van der Waals surface area contributed by atoms with Gasteiger partial charge in [-0.05, 0) is 122 Å². The minimum atomic E-state index is -2.46. The molecule has 324 valence electrons. The van der Waals surface area contributed by atoms with Gasteiger partial charge < -0.3 is 39.4 Å². The summed E-state index contributed by atoms with van der Waals surface area (Å²) in [5.74, 6) is -6.00. The Bertz CT molecular complexity index is 1450. The second kappa shape index (κ2) is 21.2. The minimum Gasteiger partial charge on any atom is -0.456 e. The van der Waals surface area contributed by atoms with Gasteiger partial charge in [0.2, 0.25) is 5.79 Å². The predicted molar refractivity (Wildman–Crippen MR) is 218 cm³/mol. The Morgan fingerprint density at radius 3 is 2.33 bits per heavy atom. The van der Waals surface area contributed by atoms with E-state index in [1.165, 1.54) is 4.90 Å². The van der Waals surface area contributed by atoms with Crippen molar-refractivity contribution in [3.05, 3.63) is 23.3 Å². The molecule has 4 rings (SSSR count). The van der Waals surface area contributed by atoms with E-state index in [-0.39, 0.29) is 60.7 Å². The number of allylic oxidation sites excluding steroid dienone is 3. The number of rotatable bonds is 7. The lowest BCUT2D eigenvalue weighted by molar-refractivity contribution is -0.302. The number of carbonyl (C=O) groups is 4. The second-order valence-corrected chi connectivity index (χ2v) is 18.1. The van der Waals surface area contributed by atoms with Gasteiger partial charge in [-0.1, -0.05) is 45.4 Å². The molecule has 57 heavy (non-hydrogen) atoms. The van der Waals surface area contributed by atoms with Gasteiger partial charge in [0.05, 0.1) is 24.4 Å². The van der Waals surface area contributed by atoms with Crippen LogP contribution in [0.15, 0.2) is 23.3 Å². The molecule has 12 heteroatoms. The van der Waals surface area contributed by atoms with Crippen molar-refractivity contribution in [2.45, 2.75) is 187 Å². The quantitative estimate of drug-likeness (QED) is 0.170. The maximum atomic E-state index is 14.3. The van der Waals surface area contributed by atoms with Crippen LogP contribution in [0.1, 0.15) is 132 Å². The van der Waals surface area contributed by atoms with E-state index in [0.717, 1.165) is 30.4 Å². The summed E-state index contributed by atoms with van der Waals surface area (Å²) in [6.45, 7) is 16.0. The maximum Gasteiger partial charge on any atom is 0.329 e. The summed E-state index contributed by atoms with van der Waals surface area (Å²) in [5, 5.41) is 12.0. The Morgan fingerprint density at radius 2 is 1.68 bits per heavy atom. The van der Waals surface area contributed by atoms with Gasteiger partial charge in [0.25, 0.3) is 11.7 Å². The van der Waals surface area contributed by atoms with E-state index < -0.39 is 59.8 Å². The van der Waals surface area contributed by atoms with Crippen LogP contribution in [0.25, 0.3) is 0 Å². The van der Waals surface area contributed by atoms with Gasteiger partial charge in [-0.2, -0.15) is 0 Å². The molecule has 0 aromatic carbocycles. The van der Waals surface area contributed by atoms with Crippen molar-refractivity contribution in [2.24, 2.45) is 35.3 Å². The van der Waals surface area contributed by atoms with Gasteiger partial charge in [-0.3, -0.25) is 14.4 Å². The number of nitrogens with two attached hydrogens (primary N) is 1. The fraction of sp³-hybridized carbons (Fsp3) is 0.822. The van der Waals surface area contributed by atoms with Crippen molar-refractivity contribution in [3.8, 4) is 0 Å². The van der Waals surface area contributed by atoms with E-state index in [9.17, 15) is 24.3 Å². The lowest BCUT2D eigenvalue weighted by Crippen LogP contribution is -2.64. The molecule has 12 nitrogen and oxygen atoms in total. The summed E-state index contributed by atoms with van der Waals surface area (Å²) in [4.78, 5) is 57.9. The molecule has 1 amide bonds. The first-order chi connectivity index (χ1) is 26.9. The van der Waals surface area contributed by atoms with Gasteiger partial charge in [0, 0.05) is 45.1 Å². The standard InChI is InChI=1S/C45H74N2O10/c1-11-33-21-27(4)20-28(5)22-38(53-9)41-39(54-10)24-31(8)45(52,57-41)42(49)43(50)47-19-13-12-14-35(47)44(51)56-40(29(6)15-18-36(33)48)30(7)23-32-16-17-34(46)37(25-32)55-26(2)3/h21,23,26,28-29,31-35,37-41,52H,11-20,22,24-25,46H2,1-10H3. The molecule has 2 bridgehead atoms. The van der Waals surface area contributed by atoms with Crippen LogP contribution in [0.4, 0.5) is 0 Å². The zero-order valence-electron chi connectivity index (χ0n) is 36.5. The molecule has 0 aromatic rings. The highest BCUT2D eigenvalue weighted by atomic mass is 16.7. The topological polar surface area (TPSA) is 164 Å². The van der Waals surface area contributed by atoms with Crippen molar-refractivity contribution >= 4 is 23.4 Å². The Kier molecular flexibility index (Phi) is 17.5. The Hall–Kier alpha value is -2.48. The largest absolute Gasteiger partial charge is 0.456 e. The average molecular weight is 803 g/mol. The van der Waals surface area contributed by atoms with Crippen LogP contribution in [-0.4, -0.2) is 109 Å². The molecule has 1 aliphatic carbocycles. The fourth-order valence-electron chi connectivity index (χ4n) is 9.69. The van der Waals surface area contributed by atoms with Gasteiger partial charge in [0.1, 0.15) is 24.0 Å². The molecule has 13 unspecified atom stereocenters. The van der Waals surface area contributed by atoms with Crippen molar-refractivity contribution in [1.82, 2.24) is 4.90 Å². The first-order valence-electron chi connectivity index (χ1n) is 21.7. The normalized spacial score (nSPS) is 38.9. The van der Waals surface area contributed by atoms with E-state index in [1.807, 2.05) is 41.5 Å².